The molecule has 2 saturated carbocycles. The number of H-pyrrole nitrogens is 1. The lowest BCUT2D eigenvalue weighted by Gasteiger charge is -2.18. The van der Waals surface area contributed by atoms with Gasteiger partial charge in [0.15, 0.2) is 0 Å². The number of nitrogens with one attached hydrogen (secondary N) is 2. The summed E-state index contributed by atoms with van der Waals surface area (Å²) in [4.78, 5) is 39.9. The van der Waals surface area contributed by atoms with Gasteiger partial charge in [-0.3, -0.25) is 9.59 Å². The Bertz CT molecular complexity index is 1410. The van der Waals surface area contributed by atoms with E-state index in [1.807, 2.05) is 18.7 Å². The van der Waals surface area contributed by atoms with Crippen molar-refractivity contribution >= 4 is 22.8 Å². The molecule has 2 N–H and O–H groups in total. The summed E-state index contributed by atoms with van der Waals surface area (Å²) in [5.41, 5.74) is 3.11. The Hall–Kier alpha value is -3.49. The van der Waals surface area contributed by atoms with Crippen molar-refractivity contribution in [3.8, 4) is 17.0 Å². The number of benzene rings is 1. The number of carbonyl (C=O) groups is 2. The Balaban J connectivity index is 1.35. The molecular formula is C28H32FN5O3. The van der Waals surface area contributed by atoms with E-state index in [0.29, 0.717) is 71.3 Å². The number of aromatic amines is 1. The van der Waals surface area contributed by atoms with Gasteiger partial charge < -0.3 is 19.9 Å². The lowest BCUT2D eigenvalue weighted by molar-refractivity contribution is -0.130. The molecule has 1 unspecified atom stereocenters. The van der Waals surface area contributed by atoms with Gasteiger partial charge in [-0.2, -0.15) is 0 Å². The predicted molar refractivity (Wildman–Crippen MR) is 137 cm³/mol. The first-order valence-electron chi connectivity index (χ1n) is 13.2. The van der Waals surface area contributed by atoms with E-state index in [9.17, 15) is 9.59 Å². The molecule has 37 heavy (non-hydrogen) atoms. The molecule has 0 radical (unpaired) electrons. The molecule has 194 valence electrons. The Morgan fingerprint density at radius 3 is 2.73 bits per heavy atom. The van der Waals surface area contributed by atoms with Gasteiger partial charge in [-0.25, -0.2) is 14.4 Å². The van der Waals surface area contributed by atoms with Crippen LogP contribution in [0.15, 0.2) is 18.5 Å². The summed E-state index contributed by atoms with van der Waals surface area (Å²) in [5.74, 6) is 0.429. The van der Waals surface area contributed by atoms with Crippen molar-refractivity contribution in [3.05, 3.63) is 41.1 Å². The molecule has 9 heteroatoms. The van der Waals surface area contributed by atoms with Crippen LogP contribution in [0.4, 0.5) is 4.39 Å². The Morgan fingerprint density at radius 1 is 1.24 bits per heavy atom. The van der Waals surface area contributed by atoms with Crippen LogP contribution >= 0.6 is 0 Å². The minimum absolute atomic E-state index is 0.0286. The molecule has 1 saturated heterocycles. The summed E-state index contributed by atoms with van der Waals surface area (Å²) in [6.07, 6.45) is 6.08. The highest BCUT2D eigenvalue weighted by atomic mass is 19.1. The summed E-state index contributed by atoms with van der Waals surface area (Å²) in [6.45, 7) is 7.15. The number of fused-ring (bicyclic) bond motifs is 1. The number of aryl methyl sites for hydroxylation is 2. The minimum Gasteiger partial charge on any atom is -0.492 e. The van der Waals surface area contributed by atoms with Crippen molar-refractivity contribution in [3.63, 3.8) is 0 Å². The van der Waals surface area contributed by atoms with Crippen LogP contribution in [-0.4, -0.2) is 57.4 Å². The van der Waals surface area contributed by atoms with Crippen molar-refractivity contribution in [1.82, 2.24) is 25.2 Å². The number of nitrogens with zero attached hydrogens (tertiary/aromatic N) is 3. The molecule has 3 aliphatic rings. The third-order valence-electron chi connectivity index (χ3n) is 8.20. The lowest BCUT2D eigenvalue weighted by Crippen LogP contribution is -2.42. The van der Waals surface area contributed by atoms with E-state index in [2.05, 4.69) is 20.3 Å². The topological polar surface area (TPSA) is 100 Å². The Morgan fingerprint density at radius 2 is 2.03 bits per heavy atom. The van der Waals surface area contributed by atoms with Gasteiger partial charge >= 0.3 is 0 Å². The molecule has 2 aliphatic carbocycles. The fraction of sp³-hybridized carbons (Fsp3) is 0.500. The molecule has 1 spiro atoms. The quantitative estimate of drug-likeness (QED) is 0.499. The van der Waals surface area contributed by atoms with Crippen molar-refractivity contribution in [2.24, 2.45) is 11.3 Å². The van der Waals surface area contributed by atoms with Crippen LogP contribution in [0.1, 0.15) is 60.6 Å². The van der Waals surface area contributed by atoms with Gasteiger partial charge in [0.05, 0.1) is 29.3 Å². The summed E-state index contributed by atoms with van der Waals surface area (Å²) in [5, 5.41) is 3.19. The highest BCUT2D eigenvalue weighted by Gasteiger charge is 2.56. The van der Waals surface area contributed by atoms with Gasteiger partial charge in [-0.15, -0.1) is 0 Å². The molecule has 8 nitrogen and oxygen atoms in total. The van der Waals surface area contributed by atoms with Crippen LogP contribution in [0.3, 0.4) is 0 Å². The van der Waals surface area contributed by atoms with Crippen molar-refractivity contribution in [1.29, 1.82) is 0 Å². The predicted octanol–water partition coefficient (Wildman–Crippen LogP) is 4.30. The van der Waals surface area contributed by atoms with Gasteiger partial charge in [0, 0.05) is 30.6 Å². The summed E-state index contributed by atoms with van der Waals surface area (Å²) < 4.78 is 21.5. The van der Waals surface area contributed by atoms with E-state index in [1.54, 1.807) is 19.1 Å². The van der Waals surface area contributed by atoms with Gasteiger partial charge in [0.25, 0.3) is 5.91 Å². The SMILES string of the molecule is CCC(=O)N1CC(NC(=O)c2c(C)[nH]c3c(-c4c(OCC5CC5)ccc(C)c4F)ncnc23)C2(CC2)C1. The zero-order valence-electron chi connectivity index (χ0n) is 21.5. The fourth-order valence-electron chi connectivity index (χ4n) is 5.56. The number of carbonyl (C=O) groups excluding carboxylic acids is 2. The first-order valence-corrected chi connectivity index (χ1v) is 13.2. The Kier molecular flexibility index (Phi) is 5.69. The van der Waals surface area contributed by atoms with E-state index in [1.165, 1.54) is 6.33 Å². The van der Waals surface area contributed by atoms with E-state index in [0.717, 1.165) is 25.7 Å². The maximum Gasteiger partial charge on any atom is 0.255 e. The van der Waals surface area contributed by atoms with Crippen LogP contribution in [0.5, 0.6) is 5.75 Å². The summed E-state index contributed by atoms with van der Waals surface area (Å²) >= 11 is 0. The van der Waals surface area contributed by atoms with Gasteiger partial charge in [-0.1, -0.05) is 13.0 Å². The van der Waals surface area contributed by atoms with E-state index < -0.39 is 5.82 Å². The van der Waals surface area contributed by atoms with Crippen molar-refractivity contribution in [2.75, 3.05) is 19.7 Å². The first kappa shape index (κ1) is 23.9. The average molecular weight is 506 g/mol. The zero-order chi connectivity index (χ0) is 25.9. The maximum absolute atomic E-state index is 15.5. The van der Waals surface area contributed by atoms with Crippen LogP contribution in [0.25, 0.3) is 22.3 Å². The number of rotatable bonds is 7. The molecule has 3 heterocycles. The summed E-state index contributed by atoms with van der Waals surface area (Å²) in [6, 6.07) is 3.39. The normalized spacial score (nSPS) is 20.0. The molecule has 2 amide bonds. The smallest absolute Gasteiger partial charge is 0.255 e. The van der Waals surface area contributed by atoms with E-state index in [4.69, 9.17) is 4.74 Å². The second-order valence-corrected chi connectivity index (χ2v) is 10.9. The van der Waals surface area contributed by atoms with E-state index in [-0.39, 0.29) is 28.8 Å². The van der Waals surface area contributed by atoms with Crippen LogP contribution in [-0.2, 0) is 4.79 Å². The monoisotopic (exact) mass is 505 g/mol. The van der Waals surface area contributed by atoms with Crippen molar-refractivity contribution < 1.29 is 18.7 Å². The van der Waals surface area contributed by atoms with Crippen LogP contribution in [0.2, 0.25) is 0 Å². The third-order valence-corrected chi connectivity index (χ3v) is 8.20. The zero-order valence-corrected chi connectivity index (χ0v) is 21.5. The number of halogens is 1. The number of aromatic nitrogens is 3. The molecule has 1 aromatic carbocycles. The number of hydrogen-bond acceptors (Lipinski definition) is 5. The highest BCUT2D eigenvalue weighted by Crippen LogP contribution is 2.53. The molecule has 1 aliphatic heterocycles. The van der Waals surface area contributed by atoms with Crippen molar-refractivity contribution in [2.45, 2.75) is 58.9 Å². The molecule has 3 fully saturated rings. The number of ether oxygens (including phenoxy) is 1. The first-order chi connectivity index (χ1) is 17.8. The molecule has 0 bridgehead atoms. The number of hydrogen-bond donors (Lipinski definition) is 2. The molecular weight excluding hydrogens is 473 g/mol. The molecule has 6 rings (SSSR count). The lowest BCUT2D eigenvalue weighted by atomic mass is 10.00. The second-order valence-electron chi connectivity index (χ2n) is 10.9. The maximum atomic E-state index is 15.5. The van der Waals surface area contributed by atoms with Gasteiger partial charge in [-0.05, 0) is 57.1 Å². The fourth-order valence-corrected chi connectivity index (χ4v) is 5.56. The van der Waals surface area contributed by atoms with Gasteiger partial charge in [0.2, 0.25) is 5.91 Å². The minimum atomic E-state index is -0.395. The number of likely N-dealkylation sites (tertiary alicyclic amines) is 1. The summed E-state index contributed by atoms with van der Waals surface area (Å²) in [7, 11) is 0. The number of amides is 2. The van der Waals surface area contributed by atoms with Crippen LogP contribution in [0, 0.1) is 31.0 Å². The third kappa shape index (κ3) is 4.14. The molecule has 2 aromatic heterocycles. The Labute approximate surface area is 215 Å². The van der Waals surface area contributed by atoms with E-state index >= 15 is 4.39 Å². The molecule has 1 atom stereocenters. The standard InChI is InChI=1S/C28H32FN5O3/c1-4-20(35)34-11-19(28(13-34)9-10-28)33-27(36)21-16(3)32-26-24(21)30-14-31-25(26)22-18(37-12-17-6-7-17)8-5-15(2)23(22)29/h5,8,14,17,19,32H,4,6-7,9-13H2,1-3H3,(H,33,36). The highest BCUT2D eigenvalue weighted by molar-refractivity contribution is 6.09. The largest absolute Gasteiger partial charge is 0.492 e. The van der Waals surface area contributed by atoms with Gasteiger partial charge in [0.1, 0.15) is 29.1 Å². The molecule has 3 aromatic rings. The average Bonchev–Trinajstić information content (AvgIpc) is 3.79. The second kappa shape index (κ2) is 8.82. The van der Waals surface area contributed by atoms with Crippen LogP contribution < -0.4 is 10.1 Å².